The summed E-state index contributed by atoms with van der Waals surface area (Å²) in [6.45, 7) is 2.40. The Hall–Kier alpha value is -2.41. The number of hydrogen-bond acceptors (Lipinski definition) is 5. The fourth-order valence-electron chi connectivity index (χ4n) is 2.96. The molecule has 0 spiro atoms. The van der Waals surface area contributed by atoms with E-state index < -0.39 is 9.84 Å². The minimum atomic E-state index is -3.37. The normalized spacial score (nSPS) is 11.8. The number of fused-ring (bicyclic) bond motifs is 1. The molecule has 0 radical (unpaired) electrons. The molecule has 0 aliphatic rings. The van der Waals surface area contributed by atoms with Gasteiger partial charge in [-0.25, -0.2) is 8.42 Å². The average Bonchev–Trinajstić information content (AvgIpc) is 2.98. The Morgan fingerprint density at radius 1 is 1.08 bits per heavy atom. The van der Waals surface area contributed by atoms with E-state index >= 15 is 0 Å². The van der Waals surface area contributed by atoms with Gasteiger partial charge in [0.15, 0.2) is 9.84 Å². The van der Waals surface area contributed by atoms with E-state index in [1.165, 1.54) is 0 Å². The van der Waals surface area contributed by atoms with Crippen molar-refractivity contribution in [2.75, 3.05) is 24.7 Å². The first-order chi connectivity index (χ1) is 11.9. The van der Waals surface area contributed by atoms with E-state index in [0.717, 1.165) is 22.2 Å². The zero-order chi connectivity index (χ0) is 18.0. The number of rotatable bonds is 6. The van der Waals surface area contributed by atoms with Crippen molar-refractivity contribution >= 4 is 26.3 Å². The number of nitrogens with zero attached hydrogens (tertiary/aromatic N) is 4. The fraction of sp³-hybridized carbons (Fsp3) is 0.333. The predicted molar refractivity (Wildman–Crippen MR) is 99.7 cm³/mol. The molecule has 0 unspecified atom stereocenters. The minimum absolute atomic E-state index is 0.0806. The van der Waals surface area contributed by atoms with Gasteiger partial charge in [0.1, 0.15) is 0 Å². The molecule has 1 aromatic heterocycles. The maximum Gasteiger partial charge on any atom is 0.179 e. The molecular weight excluding hydrogens is 336 g/mol. The Morgan fingerprint density at radius 2 is 1.80 bits per heavy atom. The van der Waals surface area contributed by atoms with Crippen LogP contribution in [0.1, 0.15) is 12.1 Å². The third-order valence-electron chi connectivity index (χ3n) is 4.13. The van der Waals surface area contributed by atoms with Gasteiger partial charge in [-0.2, -0.15) is 0 Å². The number of benzene rings is 2. The number of sulfone groups is 1. The fourth-order valence-corrected chi connectivity index (χ4v) is 4.48. The summed E-state index contributed by atoms with van der Waals surface area (Å²) in [4.78, 5) is 2.38. The quantitative estimate of drug-likeness (QED) is 0.678. The van der Waals surface area contributed by atoms with E-state index in [4.69, 9.17) is 0 Å². The lowest BCUT2D eigenvalue weighted by Crippen LogP contribution is -2.12. The van der Waals surface area contributed by atoms with Crippen LogP contribution in [0, 0.1) is 6.92 Å². The van der Waals surface area contributed by atoms with Gasteiger partial charge in [0.05, 0.1) is 16.3 Å². The number of aryl methyl sites for hydroxylation is 2. The predicted octanol–water partition coefficient (Wildman–Crippen LogP) is 2.67. The molecule has 132 valence electrons. The van der Waals surface area contributed by atoms with Crippen LogP contribution in [0.15, 0.2) is 47.5 Å². The first-order valence-electron chi connectivity index (χ1n) is 8.17. The Labute approximate surface area is 148 Å². The van der Waals surface area contributed by atoms with Gasteiger partial charge in [-0.3, -0.25) is 4.68 Å². The summed E-state index contributed by atoms with van der Waals surface area (Å²) >= 11 is 0. The molecule has 3 aromatic rings. The highest BCUT2D eigenvalue weighted by Crippen LogP contribution is 2.30. The van der Waals surface area contributed by atoms with Crippen molar-refractivity contribution in [3.63, 3.8) is 0 Å². The van der Waals surface area contributed by atoms with E-state index in [-0.39, 0.29) is 5.75 Å². The molecule has 3 rings (SSSR count). The molecule has 0 bridgehead atoms. The Kier molecular flexibility index (Phi) is 4.76. The molecule has 0 saturated heterocycles. The molecule has 0 amide bonds. The number of anilines is 1. The van der Waals surface area contributed by atoms with Gasteiger partial charge < -0.3 is 4.90 Å². The molecule has 0 saturated carbocycles. The van der Waals surface area contributed by atoms with Crippen molar-refractivity contribution in [3.8, 4) is 0 Å². The maximum absolute atomic E-state index is 12.9. The van der Waals surface area contributed by atoms with Crippen LogP contribution < -0.4 is 4.90 Å². The molecule has 0 fully saturated rings. The largest absolute Gasteiger partial charge is 0.377 e. The van der Waals surface area contributed by atoms with Crippen LogP contribution >= 0.6 is 0 Å². The van der Waals surface area contributed by atoms with Crippen LogP contribution in [0.2, 0.25) is 0 Å². The van der Waals surface area contributed by atoms with Gasteiger partial charge in [0.2, 0.25) is 0 Å². The standard InChI is InChI=1S/C18H22N4O2S/c1-14-13-22(20-19-14)11-6-12-25(23,24)18-10-5-7-15-16(18)8-4-9-17(15)21(2)3/h4-5,7-10,13H,6,11-12H2,1-3H3. The number of hydrogen-bond donors (Lipinski definition) is 0. The van der Waals surface area contributed by atoms with E-state index in [0.29, 0.717) is 17.9 Å². The van der Waals surface area contributed by atoms with Crippen LogP contribution in [0.5, 0.6) is 0 Å². The molecule has 0 N–H and O–H groups in total. The lowest BCUT2D eigenvalue weighted by atomic mass is 10.1. The van der Waals surface area contributed by atoms with Crippen LogP contribution in [0.25, 0.3) is 10.8 Å². The summed E-state index contributed by atoms with van der Waals surface area (Å²) in [6.07, 6.45) is 2.31. The van der Waals surface area contributed by atoms with Gasteiger partial charge in [-0.05, 0) is 25.5 Å². The topological polar surface area (TPSA) is 68.1 Å². The second-order valence-electron chi connectivity index (χ2n) is 6.32. The SMILES string of the molecule is Cc1cn(CCCS(=O)(=O)c2cccc3c(N(C)C)cccc23)nn1. The van der Waals surface area contributed by atoms with Crippen molar-refractivity contribution in [2.24, 2.45) is 0 Å². The minimum Gasteiger partial charge on any atom is -0.377 e. The first-order valence-corrected chi connectivity index (χ1v) is 9.82. The molecule has 1 heterocycles. The van der Waals surface area contributed by atoms with E-state index in [1.807, 2.05) is 62.4 Å². The maximum atomic E-state index is 12.9. The van der Waals surface area contributed by atoms with Crippen LogP contribution in [0.3, 0.4) is 0 Å². The second-order valence-corrected chi connectivity index (χ2v) is 8.40. The zero-order valence-electron chi connectivity index (χ0n) is 14.7. The summed E-state index contributed by atoms with van der Waals surface area (Å²) in [5, 5.41) is 9.58. The van der Waals surface area contributed by atoms with Crippen LogP contribution in [-0.2, 0) is 16.4 Å². The van der Waals surface area contributed by atoms with Crippen LogP contribution in [0.4, 0.5) is 5.69 Å². The van der Waals surface area contributed by atoms with Crippen molar-refractivity contribution < 1.29 is 8.42 Å². The zero-order valence-corrected chi connectivity index (χ0v) is 15.5. The third-order valence-corrected chi connectivity index (χ3v) is 5.98. The lowest BCUT2D eigenvalue weighted by Gasteiger charge is -2.17. The summed E-state index contributed by atoms with van der Waals surface area (Å²) in [5.74, 6) is 0.0806. The molecule has 6 nitrogen and oxygen atoms in total. The summed E-state index contributed by atoms with van der Waals surface area (Å²) in [6, 6.07) is 11.2. The highest BCUT2D eigenvalue weighted by Gasteiger charge is 2.18. The lowest BCUT2D eigenvalue weighted by molar-refractivity contribution is 0.562. The van der Waals surface area contributed by atoms with Crippen molar-refractivity contribution in [2.45, 2.75) is 24.8 Å². The van der Waals surface area contributed by atoms with Gasteiger partial charge >= 0.3 is 0 Å². The Morgan fingerprint density at radius 3 is 2.48 bits per heavy atom. The van der Waals surface area contributed by atoms with E-state index in [1.54, 1.807) is 10.7 Å². The summed E-state index contributed by atoms with van der Waals surface area (Å²) in [7, 11) is 0.536. The first kappa shape index (κ1) is 17.4. The monoisotopic (exact) mass is 358 g/mol. The molecule has 7 heteroatoms. The van der Waals surface area contributed by atoms with Crippen LogP contribution in [-0.4, -0.2) is 43.3 Å². The molecule has 25 heavy (non-hydrogen) atoms. The summed E-state index contributed by atoms with van der Waals surface area (Å²) < 4.78 is 27.4. The van der Waals surface area contributed by atoms with Crippen molar-refractivity contribution in [3.05, 3.63) is 48.3 Å². The van der Waals surface area contributed by atoms with Gasteiger partial charge in [0, 0.05) is 43.3 Å². The van der Waals surface area contributed by atoms with Gasteiger partial charge in [-0.1, -0.05) is 29.5 Å². The van der Waals surface area contributed by atoms with E-state index in [2.05, 4.69) is 10.3 Å². The van der Waals surface area contributed by atoms with Crippen molar-refractivity contribution in [1.82, 2.24) is 15.0 Å². The Balaban J connectivity index is 1.88. The van der Waals surface area contributed by atoms with Gasteiger partial charge in [0.25, 0.3) is 0 Å². The molecule has 0 aliphatic heterocycles. The highest BCUT2D eigenvalue weighted by molar-refractivity contribution is 7.91. The number of aromatic nitrogens is 3. The molecule has 0 atom stereocenters. The van der Waals surface area contributed by atoms with E-state index in [9.17, 15) is 8.42 Å². The second kappa shape index (κ2) is 6.84. The molecule has 0 aliphatic carbocycles. The highest BCUT2D eigenvalue weighted by atomic mass is 32.2. The summed E-state index contributed by atoms with van der Waals surface area (Å²) in [5.41, 5.74) is 1.83. The molecule has 2 aromatic carbocycles. The Bertz CT molecular complexity index is 993. The van der Waals surface area contributed by atoms with Crippen molar-refractivity contribution in [1.29, 1.82) is 0 Å². The smallest absolute Gasteiger partial charge is 0.179 e. The van der Waals surface area contributed by atoms with Gasteiger partial charge in [-0.15, -0.1) is 5.10 Å². The molecular formula is C18H22N4O2S. The third kappa shape index (κ3) is 3.66. The average molecular weight is 358 g/mol.